The van der Waals surface area contributed by atoms with Crippen molar-refractivity contribution in [2.45, 2.75) is 6.61 Å². The number of rotatable bonds is 7. The second-order valence-corrected chi connectivity index (χ2v) is 8.65. The summed E-state index contributed by atoms with van der Waals surface area (Å²) in [6, 6.07) is 16.2. The average molecular weight is 563 g/mol. The third kappa shape index (κ3) is 5.39. The third-order valence-corrected chi connectivity index (χ3v) is 5.90. The maximum atomic E-state index is 12.3. The number of amides is 1. The molecule has 1 amide bonds. The molecule has 3 aromatic carbocycles. The number of hydrazone groups is 1. The van der Waals surface area contributed by atoms with Crippen molar-refractivity contribution in [2.75, 3.05) is 0 Å². The average Bonchev–Trinajstić information content (AvgIpc) is 3.23. The molecule has 0 aliphatic rings. The maximum Gasteiger partial charge on any atom is 0.307 e. The highest BCUT2D eigenvalue weighted by Crippen LogP contribution is 2.35. The van der Waals surface area contributed by atoms with E-state index in [1.807, 2.05) is 18.2 Å². The van der Waals surface area contributed by atoms with Gasteiger partial charge in [0.15, 0.2) is 11.5 Å². The van der Waals surface area contributed by atoms with Crippen LogP contribution in [0.25, 0.3) is 11.0 Å². The van der Waals surface area contributed by atoms with Gasteiger partial charge in [-0.25, -0.2) is 5.43 Å². The Morgan fingerprint density at radius 1 is 1.15 bits per heavy atom. The summed E-state index contributed by atoms with van der Waals surface area (Å²) in [6.07, 6.45) is 1.40. The molecule has 172 valence electrons. The number of furan rings is 1. The summed E-state index contributed by atoms with van der Waals surface area (Å²) in [5.41, 5.74) is 4.02. The Labute approximate surface area is 211 Å². The summed E-state index contributed by atoms with van der Waals surface area (Å²) < 4.78 is 11.8. The third-order valence-electron chi connectivity index (χ3n) is 4.66. The SMILES string of the molecule is O=C(N/N=C/c1cc(Cl)c(OCc2ccccc2Cl)c(Br)c1)c1cc2cc([N+](=O)[O-])ccc2o1. The Kier molecular flexibility index (Phi) is 7.16. The highest BCUT2D eigenvalue weighted by molar-refractivity contribution is 9.10. The van der Waals surface area contributed by atoms with Crippen molar-refractivity contribution in [1.82, 2.24) is 5.43 Å². The van der Waals surface area contributed by atoms with Gasteiger partial charge in [-0.1, -0.05) is 41.4 Å². The van der Waals surface area contributed by atoms with Gasteiger partial charge in [0.2, 0.25) is 0 Å². The molecule has 0 atom stereocenters. The van der Waals surface area contributed by atoms with E-state index in [9.17, 15) is 14.9 Å². The van der Waals surface area contributed by atoms with E-state index >= 15 is 0 Å². The van der Waals surface area contributed by atoms with Gasteiger partial charge in [0, 0.05) is 28.1 Å². The van der Waals surface area contributed by atoms with Crippen LogP contribution < -0.4 is 10.2 Å². The predicted octanol–water partition coefficient (Wildman–Crippen LogP) is 6.75. The van der Waals surface area contributed by atoms with Crippen molar-refractivity contribution in [3.63, 3.8) is 0 Å². The van der Waals surface area contributed by atoms with Gasteiger partial charge >= 0.3 is 5.91 Å². The van der Waals surface area contributed by atoms with Gasteiger partial charge in [-0.3, -0.25) is 14.9 Å². The molecular formula is C23H14BrCl2N3O5. The van der Waals surface area contributed by atoms with Crippen molar-refractivity contribution in [1.29, 1.82) is 0 Å². The Bertz CT molecular complexity index is 1410. The van der Waals surface area contributed by atoms with E-state index in [2.05, 4.69) is 26.5 Å². The molecule has 4 aromatic rings. The number of ether oxygens (including phenoxy) is 1. The van der Waals surface area contributed by atoms with E-state index in [4.69, 9.17) is 32.4 Å². The highest BCUT2D eigenvalue weighted by atomic mass is 79.9. The van der Waals surface area contributed by atoms with Crippen LogP contribution in [0.5, 0.6) is 5.75 Å². The number of carbonyl (C=O) groups excluding carboxylic acids is 1. The summed E-state index contributed by atoms with van der Waals surface area (Å²) in [4.78, 5) is 22.7. The quantitative estimate of drug-likeness (QED) is 0.152. The number of nitro groups is 1. The molecule has 0 radical (unpaired) electrons. The molecule has 0 unspecified atom stereocenters. The zero-order chi connectivity index (χ0) is 24.2. The second-order valence-electron chi connectivity index (χ2n) is 6.98. The van der Waals surface area contributed by atoms with Gasteiger partial charge in [0.05, 0.1) is 20.6 Å². The number of halogens is 3. The summed E-state index contributed by atoms with van der Waals surface area (Å²) in [5, 5.41) is 16.2. The normalized spacial score (nSPS) is 11.1. The first kappa shape index (κ1) is 23.7. The largest absolute Gasteiger partial charge is 0.486 e. The van der Waals surface area contributed by atoms with Crippen LogP contribution in [0.4, 0.5) is 5.69 Å². The van der Waals surface area contributed by atoms with Crippen LogP contribution in [-0.4, -0.2) is 17.0 Å². The first-order chi connectivity index (χ1) is 16.3. The monoisotopic (exact) mass is 561 g/mol. The standard InChI is InChI=1S/C23H14BrCl2N3O5/c24-17-7-13(8-19(26)22(17)33-12-14-3-1-2-4-18(14)25)11-27-28-23(30)21-10-15-9-16(29(31)32)5-6-20(15)34-21/h1-11H,12H2,(H,28,30)/b27-11+. The van der Waals surface area contributed by atoms with E-state index in [1.165, 1.54) is 30.5 Å². The van der Waals surface area contributed by atoms with E-state index < -0.39 is 10.8 Å². The molecule has 0 saturated heterocycles. The number of nitrogens with zero attached hydrogens (tertiary/aromatic N) is 2. The van der Waals surface area contributed by atoms with Crippen molar-refractivity contribution >= 4 is 67.9 Å². The van der Waals surface area contributed by atoms with Gasteiger partial charge in [0.1, 0.15) is 12.2 Å². The molecule has 1 aromatic heterocycles. The molecule has 0 saturated carbocycles. The fraction of sp³-hybridized carbons (Fsp3) is 0.0435. The first-order valence-corrected chi connectivity index (χ1v) is 11.2. The van der Waals surface area contributed by atoms with Crippen molar-refractivity contribution in [3.8, 4) is 5.75 Å². The van der Waals surface area contributed by atoms with E-state index in [1.54, 1.807) is 18.2 Å². The predicted molar refractivity (Wildman–Crippen MR) is 133 cm³/mol. The Hall–Kier alpha value is -3.40. The maximum absolute atomic E-state index is 12.3. The highest BCUT2D eigenvalue weighted by Gasteiger charge is 2.15. The molecule has 0 fully saturated rings. The van der Waals surface area contributed by atoms with Crippen molar-refractivity contribution < 1.29 is 18.9 Å². The minimum atomic E-state index is -0.611. The number of fused-ring (bicyclic) bond motifs is 1. The fourth-order valence-corrected chi connectivity index (χ4v) is 4.21. The van der Waals surface area contributed by atoms with Crippen LogP contribution in [-0.2, 0) is 6.61 Å². The molecule has 1 N–H and O–H groups in total. The molecule has 0 bridgehead atoms. The lowest BCUT2D eigenvalue weighted by Crippen LogP contribution is -2.16. The Morgan fingerprint density at radius 3 is 2.68 bits per heavy atom. The lowest BCUT2D eigenvalue weighted by Gasteiger charge is -2.12. The summed E-state index contributed by atoms with van der Waals surface area (Å²) in [6.45, 7) is 0.238. The van der Waals surface area contributed by atoms with Gasteiger partial charge in [-0.05, 0) is 51.8 Å². The van der Waals surface area contributed by atoms with Crippen LogP contribution in [0.3, 0.4) is 0 Å². The number of carbonyl (C=O) groups is 1. The zero-order valence-corrected chi connectivity index (χ0v) is 20.2. The van der Waals surface area contributed by atoms with Gasteiger partial charge in [-0.2, -0.15) is 5.10 Å². The van der Waals surface area contributed by atoms with E-state index in [0.29, 0.717) is 36.8 Å². The van der Waals surface area contributed by atoms with Crippen LogP contribution >= 0.6 is 39.1 Å². The lowest BCUT2D eigenvalue weighted by molar-refractivity contribution is -0.384. The van der Waals surface area contributed by atoms with Crippen LogP contribution in [0.1, 0.15) is 21.7 Å². The second kappa shape index (κ2) is 10.3. The van der Waals surface area contributed by atoms with Crippen molar-refractivity contribution in [2.24, 2.45) is 5.10 Å². The fourth-order valence-electron chi connectivity index (χ4n) is 3.03. The number of hydrogen-bond acceptors (Lipinski definition) is 6. The summed E-state index contributed by atoms with van der Waals surface area (Å²) in [5.74, 6) is -0.200. The number of benzene rings is 3. The van der Waals surface area contributed by atoms with Crippen molar-refractivity contribution in [3.05, 3.63) is 102 Å². The number of non-ortho nitro benzene ring substituents is 1. The van der Waals surface area contributed by atoms with E-state index in [0.717, 1.165) is 5.56 Å². The van der Waals surface area contributed by atoms with E-state index in [-0.39, 0.29) is 18.1 Å². The molecule has 0 aliphatic carbocycles. The topological polar surface area (TPSA) is 107 Å². The molecule has 0 aliphatic heterocycles. The van der Waals surface area contributed by atoms with Crippen LogP contribution in [0.15, 0.2) is 74.7 Å². The minimum absolute atomic E-state index is 0.0322. The molecule has 0 spiro atoms. The van der Waals surface area contributed by atoms with Gasteiger partial charge < -0.3 is 9.15 Å². The summed E-state index contributed by atoms with van der Waals surface area (Å²) >= 11 is 15.9. The molecule has 1 heterocycles. The van der Waals surface area contributed by atoms with Gasteiger partial charge in [0.25, 0.3) is 5.69 Å². The van der Waals surface area contributed by atoms with Crippen LogP contribution in [0.2, 0.25) is 10.0 Å². The number of nitro benzene ring substituents is 1. The van der Waals surface area contributed by atoms with Gasteiger partial charge in [-0.15, -0.1) is 0 Å². The molecule has 34 heavy (non-hydrogen) atoms. The molecule has 4 rings (SSSR count). The zero-order valence-electron chi connectivity index (χ0n) is 17.1. The number of hydrogen-bond donors (Lipinski definition) is 1. The van der Waals surface area contributed by atoms with Crippen LogP contribution in [0, 0.1) is 10.1 Å². The lowest BCUT2D eigenvalue weighted by atomic mass is 10.2. The Balaban J connectivity index is 1.42. The molecule has 11 heteroatoms. The first-order valence-electron chi connectivity index (χ1n) is 9.68. The molecule has 8 nitrogen and oxygen atoms in total. The summed E-state index contributed by atoms with van der Waals surface area (Å²) in [7, 11) is 0. The Morgan fingerprint density at radius 2 is 1.94 bits per heavy atom. The minimum Gasteiger partial charge on any atom is -0.486 e. The molecular weight excluding hydrogens is 549 g/mol. The smallest absolute Gasteiger partial charge is 0.307 e. The number of nitrogens with one attached hydrogen (secondary N) is 1.